The van der Waals surface area contributed by atoms with Gasteiger partial charge in [0.05, 0.1) is 28.8 Å². The molecule has 0 spiro atoms. The third kappa shape index (κ3) is 4.54. The zero-order valence-corrected chi connectivity index (χ0v) is 18.7. The molecule has 1 aliphatic heterocycles. The number of aromatic nitrogens is 1. The molecule has 31 heavy (non-hydrogen) atoms. The highest BCUT2D eigenvalue weighted by Crippen LogP contribution is 2.30. The number of rotatable bonds is 5. The molecule has 3 heterocycles. The number of thiazole rings is 1. The van der Waals surface area contributed by atoms with Crippen molar-refractivity contribution in [2.24, 2.45) is 0 Å². The molecule has 10 heteroatoms. The number of benzene rings is 1. The molecule has 1 N–H and O–H groups in total. The third-order valence-corrected chi connectivity index (χ3v) is 7.02. The Hall–Kier alpha value is -2.98. The summed E-state index contributed by atoms with van der Waals surface area (Å²) in [5.41, 5.74) is 2.59. The van der Waals surface area contributed by atoms with Gasteiger partial charge in [-0.15, -0.1) is 11.3 Å². The van der Waals surface area contributed by atoms with Gasteiger partial charge in [-0.25, -0.2) is 13.4 Å². The molecule has 0 atom stereocenters. The van der Waals surface area contributed by atoms with Crippen LogP contribution in [0.15, 0.2) is 45.2 Å². The number of anilines is 2. The van der Waals surface area contributed by atoms with Crippen LogP contribution in [0.1, 0.15) is 33.8 Å². The lowest BCUT2D eigenvalue weighted by molar-refractivity contribution is -0.118. The van der Waals surface area contributed by atoms with Crippen LogP contribution in [0, 0.1) is 6.92 Å². The molecule has 0 fully saturated rings. The number of nitrogens with zero attached hydrogens (tertiary/aromatic N) is 2. The Bertz CT molecular complexity index is 1260. The summed E-state index contributed by atoms with van der Waals surface area (Å²) in [6, 6.07) is 6.47. The van der Waals surface area contributed by atoms with Gasteiger partial charge in [0.15, 0.2) is 15.0 Å². The van der Waals surface area contributed by atoms with Crippen molar-refractivity contribution in [3.63, 3.8) is 0 Å². The van der Waals surface area contributed by atoms with Gasteiger partial charge in [0.25, 0.3) is 5.91 Å². The van der Waals surface area contributed by atoms with E-state index in [0.717, 1.165) is 24.1 Å². The van der Waals surface area contributed by atoms with Crippen molar-refractivity contribution in [2.45, 2.75) is 31.1 Å². The first-order chi connectivity index (χ1) is 14.7. The fourth-order valence-electron chi connectivity index (χ4n) is 3.54. The van der Waals surface area contributed by atoms with Gasteiger partial charge in [0.1, 0.15) is 5.76 Å². The normalized spacial score (nSPS) is 13.7. The minimum atomic E-state index is -3.30. The van der Waals surface area contributed by atoms with Gasteiger partial charge in [-0.3, -0.25) is 14.9 Å². The van der Waals surface area contributed by atoms with E-state index in [0.29, 0.717) is 28.7 Å². The molecule has 4 rings (SSSR count). The predicted molar refractivity (Wildman–Crippen MR) is 117 cm³/mol. The second-order valence-corrected chi connectivity index (χ2v) is 10.3. The predicted octanol–water partition coefficient (Wildman–Crippen LogP) is 3.22. The van der Waals surface area contributed by atoms with Gasteiger partial charge in [0.2, 0.25) is 5.91 Å². The highest BCUT2D eigenvalue weighted by Gasteiger charge is 2.25. The molecule has 1 aliphatic rings. The fourth-order valence-corrected chi connectivity index (χ4v) is 4.92. The van der Waals surface area contributed by atoms with Crippen molar-refractivity contribution < 1.29 is 22.4 Å². The van der Waals surface area contributed by atoms with E-state index >= 15 is 0 Å². The van der Waals surface area contributed by atoms with E-state index < -0.39 is 9.84 Å². The Kier molecular flexibility index (Phi) is 5.67. The SMILES string of the molecule is Cc1occc1C(=O)Nc1nc(CC(=O)N2CCCc3cc(S(C)(=O)=O)ccc32)cs1. The lowest BCUT2D eigenvalue weighted by Gasteiger charge is -2.29. The van der Waals surface area contributed by atoms with E-state index in [4.69, 9.17) is 4.42 Å². The highest BCUT2D eigenvalue weighted by molar-refractivity contribution is 7.90. The van der Waals surface area contributed by atoms with Crippen molar-refractivity contribution in [3.8, 4) is 0 Å². The van der Waals surface area contributed by atoms with Gasteiger partial charge in [0, 0.05) is 23.9 Å². The topological polar surface area (TPSA) is 110 Å². The lowest BCUT2D eigenvalue weighted by Crippen LogP contribution is -2.36. The molecule has 0 radical (unpaired) electrons. The quantitative estimate of drug-likeness (QED) is 0.627. The summed E-state index contributed by atoms with van der Waals surface area (Å²) in [7, 11) is -3.30. The standard InChI is InChI=1S/C21H21N3O5S2/c1-13-17(7-9-29-13)20(26)23-21-22-15(12-30-21)11-19(25)24-8-3-4-14-10-16(31(2,27)28)5-6-18(14)24/h5-7,9-10,12H,3-4,8,11H2,1-2H3,(H,22,23,26). The fraction of sp³-hybridized carbons (Fsp3) is 0.286. The maximum Gasteiger partial charge on any atom is 0.260 e. The zero-order chi connectivity index (χ0) is 22.2. The first-order valence-corrected chi connectivity index (χ1v) is 12.4. The molecule has 0 saturated heterocycles. The second kappa shape index (κ2) is 8.27. The number of hydrogen-bond donors (Lipinski definition) is 1. The summed E-state index contributed by atoms with van der Waals surface area (Å²) in [5, 5.41) is 4.87. The van der Waals surface area contributed by atoms with Crippen molar-refractivity contribution in [1.29, 1.82) is 0 Å². The van der Waals surface area contributed by atoms with Crippen LogP contribution in [-0.4, -0.2) is 38.0 Å². The van der Waals surface area contributed by atoms with Gasteiger partial charge in [-0.1, -0.05) is 0 Å². The van der Waals surface area contributed by atoms with Crippen LogP contribution in [-0.2, 0) is 27.5 Å². The number of carbonyl (C=O) groups excluding carboxylic acids is 2. The molecule has 8 nitrogen and oxygen atoms in total. The molecular weight excluding hydrogens is 438 g/mol. The smallest absolute Gasteiger partial charge is 0.260 e. The first kappa shape index (κ1) is 21.3. The van der Waals surface area contributed by atoms with E-state index in [9.17, 15) is 18.0 Å². The maximum absolute atomic E-state index is 12.9. The van der Waals surface area contributed by atoms with E-state index in [1.165, 1.54) is 29.9 Å². The van der Waals surface area contributed by atoms with Crippen LogP contribution < -0.4 is 10.2 Å². The number of carbonyl (C=O) groups is 2. The summed E-state index contributed by atoms with van der Waals surface area (Å²) in [4.78, 5) is 31.5. The largest absolute Gasteiger partial charge is 0.469 e. The van der Waals surface area contributed by atoms with Crippen molar-refractivity contribution in [2.75, 3.05) is 23.0 Å². The minimum absolute atomic E-state index is 0.0877. The monoisotopic (exact) mass is 459 g/mol. The molecular formula is C21H21N3O5S2. The molecule has 0 saturated carbocycles. The summed E-state index contributed by atoms with van der Waals surface area (Å²) in [6.07, 6.45) is 4.19. The zero-order valence-electron chi connectivity index (χ0n) is 17.0. The minimum Gasteiger partial charge on any atom is -0.469 e. The number of fused-ring (bicyclic) bond motifs is 1. The maximum atomic E-state index is 12.9. The molecule has 2 amide bonds. The average Bonchev–Trinajstić information content (AvgIpc) is 3.34. The number of amides is 2. The van der Waals surface area contributed by atoms with Gasteiger partial charge >= 0.3 is 0 Å². The van der Waals surface area contributed by atoms with Gasteiger partial charge in [-0.05, 0) is 49.6 Å². The summed E-state index contributed by atoms with van der Waals surface area (Å²) in [5.74, 6) is 0.0827. The van der Waals surface area contributed by atoms with E-state index in [1.54, 1.807) is 35.4 Å². The molecule has 3 aromatic rings. The van der Waals surface area contributed by atoms with Crippen LogP contribution >= 0.6 is 11.3 Å². The van der Waals surface area contributed by atoms with Crippen molar-refractivity contribution in [3.05, 3.63) is 58.5 Å². The molecule has 0 aliphatic carbocycles. The Morgan fingerprint density at radius 3 is 2.81 bits per heavy atom. The number of furan rings is 1. The average molecular weight is 460 g/mol. The second-order valence-electron chi connectivity index (χ2n) is 7.38. The Morgan fingerprint density at radius 1 is 1.29 bits per heavy atom. The van der Waals surface area contributed by atoms with Crippen LogP contribution in [0.5, 0.6) is 0 Å². The highest BCUT2D eigenvalue weighted by atomic mass is 32.2. The van der Waals surface area contributed by atoms with E-state index in [-0.39, 0.29) is 23.1 Å². The van der Waals surface area contributed by atoms with Crippen LogP contribution in [0.25, 0.3) is 0 Å². The summed E-state index contributed by atoms with van der Waals surface area (Å²) in [6.45, 7) is 2.27. The van der Waals surface area contributed by atoms with E-state index in [2.05, 4.69) is 10.3 Å². The van der Waals surface area contributed by atoms with Crippen LogP contribution in [0.4, 0.5) is 10.8 Å². The molecule has 1 aromatic carbocycles. The molecule has 0 unspecified atom stereocenters. The molecule has 2 aromatic heterocycles. The number of sulfone groups is 1. The first-order valence-electron chi connectivity index (χ1n) is 9.65. The van der Waals surface area contributed by atoms with Crippen molar-refractivity contribution in [1.82, 2.24) is 4.98 Å². The van der Waals surface area contributed by atoms with E-state index in [1.807, 2.05) is 0 Å². The Labute approximate surface area is 183 Å². The van der Waals surface area contributed by atoms with Gasteiger partial charge in [-0.2, -0.15) is 0 Å². The Balaban J connectivity index is 1.46. The Morgan fingerprint density at radius 2 is 2.10 bits per heavy atom. The number of nitrogens with one attached hydrogen (secondary N) is 1. The number of aryl methyl sites for hydroxylation is 2. The lowest BCUT2D eigenvalue weighted by atomic mass is 10.0. The third-order valence-electron chi connectivity index (χ3n) is 5.11. The molecule has 0 bridgehead atoms. The number of hydrogen-bond acceptors (Lipinski definition) is 7. The van der Waals surface area contributed by atoms with Crippen LogP contribution in [0.3, 0.4) is 0 Å². The van der Waals surface area contributed by atoms with Gasteiger partial charge < -0.3 is 9.32 Å². The summed E-state index contributed by atoms with van der Waals surface area (Å²) < 4.78 is 28.8. The summed E-state index contributed by atoms with van der Waals surface area (Å²) >= 11 is 1.25. The molecule has 162 valence electrons. The van der Waals surface area contributed by atoms with Crippen LogP contribution in [0.2, 0.25) is 0 Å². The van der Waals surface area contributed by atoms with Crippen molar-refractivity contribution >= 4 is 43.8 Å².